The Morgan fingerprint density at radius 3 is 2.68 bits per heavy atom. The van der Waals surface area contributed by atoms with E-state index in [1.165, 1.54) is 5.56 Å². The molecule has 0 saturated carbocycles. The summed E-state index contributed by atoms with van der Waals surface area (Å²) in [5.74, 6) is -0.843. The lowest BCUT2D eigenvalue weighted by Gasteiger charge is -2.06. The van der Waals surface area contributed by atoms with Crippen LogP contribution in [-0.4, -0.2) is 15.6 Å². The summed E-state index contributed by atoms with van der Waals surface area (Å²) in [6.45, 7) is 5.19. The summed E-state index contributed by atoms with van der Waals surface area (Å²) >= 11 is 0. The fraction of sp³-hybridized carbons (Fsp3) is 0.438. The smallest absolute Gasteiger partial charge is 0.337 e. The van der Waals surface area contributed by atoms with Crippen molar-refractivity contribution >= 4 is 16.9 Å². The Kier molecular flexibility index (Phi) is 4.25. The van der Waals surface area contributed by atoms with E-state index in [9.17, 15) is 9.90 Å². The number of carboxylic acid groups (broad SMARTS) is 1. The molecule has 2 aromatic rings. The van der Waals surface area contributed by atoms with Crippen molar-refractivity contribution < 1.29 is 9.90 Å². The molecular weight excluding hydrogens is 238 g/mol. The molecule has 102 valence electrons. The lowest BCUT2D eigenvalue weighted by atomic mass is 10.1. The maximum absolute atomic E-state index is 11.4. The Labute approximate surface area is 113 Å². The summed E-state index contributed by atoms with van der Waals surface area (Å²) in [5.41, 5.74) is 2.56. The number of hydrogen-bond donors (Lipinski definition) is 1. The van der Waals surface area contributed by atoms with Crippen molar-refractivity contribution in [3.8, 4) is 0 Å². The van der Waals surface area contributed by atoms with Gasteiger partial charge in [-0.25, -0.2) is 4.79 Å². The molecule has 0 aliphatic heterocycles. The van der Waals surface area contributed by atoms with Gasteiger partial charge in [-0.1, -0.05) is 38.8 Å². The van der Waals surface area contributed by atoms with Gasteiger partial charge in [-0.2, -0.15) is 0 Å². The number of unbranched alkanes of at least 4 members (excludes halogenated alkanes) is 1. The lowest BCUT2D eigenvalue weighted by Crippen LogP contribution is -2.03. The molecule has 0 atom stereocenters. The van der Waals surface area contributed by atoms with Gasteiger partial charge in [0.05, 0.1) is 11.1 Å². The number of nitrogens with zero attached hydrogens (tertiary/aromatic N) is 1. The van der Waals surface area contributed by atoms with Gasteiger partial charge < -0.3 is 9.67 Å². The first kappa shape index (κ1) is 13.7. The number of rotatable bonds is 6. The number of aryl methyl sites for hydroxylation is 2. The molecule has 0 radical (unpaired) electrons. The summed E-state index contributed by atoms with van der Waals surface area (Å²) in [6.07, 6.45) is 6.39. The zero-order valence-electron chi connectivity index (χ0n) is 11.6. The largest absolute Gasteiger partial charge is 0.478 e. The third kappa shape index (κ3) is 2.65. The van der Waals surface area contributed by atoms with Crippen LogP contribution < -0.4 is 0 Å². The van der Waals surface area contributed by atoms with E-state index in [2.05, 4.69) is 24.6 Å². The second-order valence-electron chi connectivity index (χ2n) is 4.96. The van der Waals surface area contributed by atoms with E-state index in [4.69, 9.17) is 0 Å². The van der Waals surface area contributed by atoms with Gasteiger partial charge in [-0.05, 0) is 24.5 Å². The predicted molar refractivity (Wildman–Crippen MR) is 77.8 cm³/mol. The number of carbonyl (C=O) groups is 1. The zero-order chi connectivity index (χ0) is 13.8. The topological polar surface area (TPSA) is 42.2 Å². The van der Waals surface area contributed by atoms with Crippen LogP contribution in [0.1, 0.15) is 49.0 Å². The molecule has 0 bridgehead atoms. The highest BCUT2D eigenvalue weighted by molar-refractivity contribution is 6.03. The molecule has 0 amide bonds. The molecule has 1 aromatic heterocycles. The van der Waals surface area contributed by atoms with Gasteiger partial charge >= 0.3 is 5.97 Å². The van der Waals surface area contributed by atoms with Crippen molar-refractivity contribution in [1.82, 2.24) is 4.57 Å². The summed E-state index contributed by atoms with van der Waals surface area (Å²) < 4.78 is 2.12. The van der Waals surface area contributed by atoms with Gasteiger partial charge in [0, 0.05) is 18.1 Å². The highest BCUT2D eigenvalue weighted by atomic mass is 16.4. The minimum absolute atomic E-state index is 0.413. The van der Waals surface area contributed by atoms with Crippen LogP contribution in [-0.2, 0) is 13.0 Å². The van der Waals surface area contributed by atoms with Gasteiger partial charge in [0.15, 0.2) is 0 Å². The highest BCUT2D eigenvalue weighted by Gasteiger charge is 2.15. The Balaban J connectivity index is 2.61. The summed E-state index contributed by atoms with van der Waals surface area (Å²) in [4.78, 5) is 11.4. The maximum atomic E-state index is 11.4. The van der Waals surface area contributed by atoms with Crippen LogP contribution in [0.4, 0.5) is 0 Å². The molecule has 0 unspecified atom stereocenters. The number of aromatic carboxylic acids is 1. The monoisotopic (exact) mass is 259 g/mol. The van der Waals surface area contributed by atoms with E-state index < -0.39 is 5.97 Å². The van der Waals surface area contributed by atoms with E-state index in [1.54, 1.807) is 6.07 Å². The van der Waals surface area contributed by atoms with E-state index in [-0.39, 0.29) is 0 Å². The second-order valence-corrected chi connectivity index (χ2v) is 4.96. The van der Waals surface area contributed by atoms with E-state index in [1.807, 2.05) is 12.1 Å². The third-order valence-electron chi connectivity index (χ3n) is 3.48. The van der Waals surface area contributed by atoms with E-state index in [0.717, 1.165) is 43.1 Å². The van der Waals surface area contributed by atoms with Gasteiger partial charge in [-0.3, -0.25) is 0 Å². The van der Waals surface area contributed by atoms with Gasteiger partial charge in [0.25, 0.3) is 0 Å². The van der Waals surface area contributed by atoms with Crippen LogP contribution in [0.3, 0.4) is 0 Å². The zero-order valence-corrected chi connectivity index (χ0v) is 11.6. The lowest BCUT2D eigenvalue weighted by molar-refractivity contribution is 0.0698. The minimum Gasteiger partial charge on any atom is -0.478 e. The molecule has 0 aliphatic carbocycles. The Morgan fingerprint density at radius 1 is 1.26 bits per heavy atom. The van der Waals surface area contributed by atoms with Crippen LogP contribution in [0.5, 0.6) is 0 Å². The second kappa shape index (κ2) is 5.91. The van der Waals surface area contributed by atoms with Crippen molar-refractivity contribution in [2.24, 2.45) is 0 Å². The highest BCUT2D eigenvalue weighted by Crippen LogP contribution is 2.26. The first-order valence-electron chi connectivity index (χ1n) is 7.03. The predicted octanol–water partition coefficient (Wildman–Crippen LogP) is 4.09. The van der Waals surface area contributed by atoms with Crippen LogP contribution in [0.25, 0.3) is 10.9 Å². The molecule has 1 N–H and O–H groups in total. The Bertz CT molecular complexity index is 584. The van der Waals surface area contributed by atoms with Gasteiger partial charge in [-0.15, -0.1) is 0 Å². The number of carboxylic acids is 1. The van der Waals surface area contributed by atoms with E-state index in [0.29, 0.717) is 5.56 Å². The standard InChI is InChI=1S/C16H21NO2/c1-3-5-10-17-11-12(7-4-2)13-8-6-9-14(15(13)17)16(18)19/h6,8-9,11H,3-5,7,10H2,1-2H3,(H,18,19). The fourth-order valence-electron chi connectivity index (χ4n) is 2.58. The third-order valence-corrected chi connectivity index (χ3v) is 3.48. The van der Waals surface area contributed by atoms with Crippen LogP contribution in [0.15, 0.2) is 24.4 Å². The quantitative estimate of drug-likeness (QED) is 0.849. The van der Waals surface area contributed by atoms with E-state index >= 15 is 0 Å². The minimum atomic E-state index is -0.843. The van der Waals surface area contributed by atoms with Crippen molar-refractivity contribution in [3.05, 3.63) is 35.5 Å². The molecule has 1 heterocycles. The first-order chi connectivity index (χ1) is 9.19. The molecule has 1 aromatic carbocycles. The molecule has 0 fully saturated rings. The number of aromatic nitrogens is 1. The number of benzene rings is 1. The summed E-state index contributed by atoms with van der Waals surface area (Å²) in [7, 11) is 0. The van der Waals surface area contributed by atoms with Crippen molar-refractivity contribution in [3.63, 3.8) is 0 Å². The fourth-order valence-corrected chi connectivity index (χ4v) is 2.58. The Hall–Kier alpha value is -1.77. The van der Waals surface area contributed by atoms with Crippen LogP contribution >= 0.6 is 0 Å². The van der Waals surface area contributed by atoms with Gasteiger partial charge in [0.1, 0.15) is 0 Å². The van der Waals surface area contributed by atoms with Crippen LogP contribution in [0, 0.1) is 0 Å². The summed E-state index contributed by atoms with van der Waals surface area (Å²) in [6, 6.07) is 5.58. The number of para-hydroxylation sites is 1. The maximum Gasteiger partial charge on any atom is 0.337 e. The number of fused-ring (bicyclic) bond motifs is 1. The average Bonchev–Trinajstić information content (AvgIpc) is 2.75. The average molecular weight is 259 g/mol. The summed E-state index contributed by atoms with van der Waals surface area (Å²) in [5, 5.41) is 10.5. The van der Waals surface area contributed by atoms with Crippen molar-refractivity contribution in [1.29, 1.82) is 0 Å². The van der Waals surface area contributed by atoms with Crippen molar-refractivity contribution in [2.45, 2.75) is 46.1 Å². The molecule has 0 saturated heterocycles. The van der Waals surface area contributed by atoms with Crippen molar-refractivity contribution in [2.75, 3.05) is 0 Å². The SMILES string of the molecule is CCCCn1cc(CCC)c2cccc(C(=O)O)c21. The molecule has 3 heteroatoms. The molecule has 19 heavy (non-hydrogen) atoms. The molecule has 3 nitrogen and oxygen atoms in total. The Morgan fingerprint density at radius 2 is 2.05 bits per heavy atom. The molecule has 0 aliphatic rings. The first-order valence-corrected chi connectivity index (χ1v) is 7.03. The number of hydrogen-bond acceptors (Lipinski definition) is 1. The van der Waals surface area contributed by atoms with Gasteiger partial charge in [0.2, 0.25) is 0 Å². The van der Waals surface area contributed by atoms with Crippen LogP contribution in [0.2, 0.25) is 0 Å². The molecule has 2 rings (SSSR count). The molecule has 0 spiro atoms. The normalized spacial score (nSPS) is 11.1. The molecular formula is C16H21NO2.